The highest BCUT2D eigenvalue weighted by atomic mass is 35.5. The Morgan fingerprint density at radius 1 is 1.17 bits per heavy atom. The maximum Gasteiger partial charge on any atom is 0.0235 e. The molecule has 1 nitrogen and oxygen atoms in total. The molecular weight excluding hydrogens is 170 g/mol. The lowest BCUT2D eigenvalue weighted by atomic mass is 10.2. The van der Waals surface area contributed by atoms with Gasteiger partial charge in [-0.25, -0.2) is 0 Å². The zero-order valence-electron chi connectivity index (χ0n) is 8.65. The molecule has 0 heterocycles. The highest BCUT2D eigenvalue weighted by molar-refractivity contribution is 6.17. The molecular formula is C10H22ClN. The Kier molecular flexibility index (Phi) is 8.04. The smallest absolute Gasteiger partial charge is 0.0235 e. The maximum atomic E-state index is 5.66. The van der Waals surface area contributed by atoms with Crippen LogP contribution in [-0.4, -0.2) is 29.9 Å². The molecule has 2 heteroatoms. The molecule has 0 aliphatic heterocycles. The fraction of sp³-hybridized carbons (Fsp3) is 1.00. The molecule has 0 radical (unpaired) electrons. The lowest BCUT2D eigenvalue weighted by Gasteiger charge is -2.25. The van der Waals surface area contributed by atoms with E-state index in [0.29, 0.717) is 6.04 Å². The van der Waals surface area contributed by atoms with Crippen LogP contribution in [0.1, 0.15) is 40.0 Å². The molecule has 0 aromatic carbocycles. The summed E-state index contributed by atoms with van der Waals surface area (Å²) in [5.41, 5.74) is 0. The van der Waals surface area contributed by atoms with Crippen LogP contribution < -0.4 is 0 Å². The Balaban J connectivity index is 3.55. The van der Waals surface area contributed by atoms with E-state index in [1.165, 1.54) is 19.4 Å². The van der Waals surface area contributed by atoms with Crippen LogP contribution in [0.4, 0.5) is 0 Å². The fourth-order valence-corrected chi connectivity index (χ4v) is 1.37. The van der Waals surface area contributed by atoms with Crippen LogP contribution in [-0.2, 0) is 0 Å². The van der Waals surface area contributed by atoms with Gasteiger partial charge >= 0.3 is 0 Å². The topological polar surface area (TPSA) is 3.24 Å². The summed E-state index contributed by atoms with van der Waals surface area (Å²) in [6.07, 6.45) is 3.70. The maximum absolute atomic E-state index is 5.66. The highest BCUT2D eigenvalue weighted by Crippen LogP contribution is 2.03. The van der Waals surface area contributed by atoms with Crippen molar-refractivity contribution in [1.82, 2.24) is 4.90 Å². The van der Waals surface area contributed by atoms with E-state index in [0.717, 1.165) is 18.8 Å². The second kappa shape index (κ2) is 7.88. The minimum absolute atomic E-state index is 0.666. The van der Waals surface area contributed by atoms with Crippen molar-refractivity contribution in [3.05, 3.63) is 0 Å². The van der Waals surface area contributed by atoms with Gasteiger partial charge in [0.05, 0.1) is 0 Å². The molecule has 0 bridgehead atoms. The summed E-state index contributed by atoms with van der Waals surface area (Å²) in [5, 5.41) is 0. The third kappa shape index (κ3) is 5.84. The molecule has 0 rings (SSSR count). The van der Waals surface area contributed by atoms with E-state index in [1.54, 1.807) is 0 Å². The van der Waals surface area contributed by atoms with E-state index >= 15 is 0 Å². The Hall–Kier alpha value is 0.250. The molecule has 0 atom stereocenters. The molecule has 0 N–H and O–H groups in total. The van der Waals surface area contributed by atoms with Gasteiger partial charge in [0, 0.05) is 11.9 Å². The minimum Gasteiger partial charge on any atom is -0.301 e. The normalized spacial score (nSPS) is 11.5. The zero-order valence-corrected chi connectivity index (χ0v) is 9.40. The number of halogens is 1. The third-order valence-electron chi connectivity index (χ3n) is 2.11. The van der Waals surface area contributed by atoms with Crippen molar-refractivity contribution in [3.8, 4) is 0 Å². The average Bonchev–Trinajstić information content (AvgIpc) is 2.04. The van der Waals surface area contributed by atoms with Crippen molar-refractivity contribution in [2.75, 3.05) is 19.0 Å². The first-order valence-electron chi connectivity index (χ1n) is 5.02. The predicted molar refractivity (Wildman–Crippen MR) is 57.0 cm³/mol. The quantitative estimate of drug-likeness (QED) is 0.559. The Morgan fingerprint density at radius 2 is 1.75 bits per heavy atom. The number of rotatable bonds is 7. The summed E-state index contributed by atoms with van der Waals surface area (Å²) in [6.45, 7) is 9.13. The van der Waals surface area contributed by atoms with Crippen LogP contribution in [0.3, 0.4) is 0 Å². The molecule has 0 saturated heterocycles. The van der Waals surface area contributed by atoms with E-state index in [9.17, 15) is 0 Å². The molecule has 0 saturated carbocycles. The van der Waals surface area contributed by atoms with Gasteiger partial charge < -0.3 is 4.90 Å². The van der Waals surface area contributed by atoms with Gasteiger partial charge in [-0.15, -0.1) is 11.6 Å². The fourth-order valence-electron chi connectivity index (χ4n) is 1.25. The van der Waals surface area contributed by atoms with Crippen LogP contribution >= 0.6 is 11.6 Å². The third-order valence-corrected chi connectivity index (χ3v) is 2.38. The number of hydrogen-bond donors (Lipinski definition) is 0. The van der Waals surface area contributed by atoms with E-state index in [4.69, 9.17) is 11.6 Å². The first kappa shape index (κ1) is 12.2. The van der Waals surface area contributed by atoms with E-state index in [-0.39, 0.29) is 0 Å². The van der Waals surface area contributed by atoms with Gasteiger partial charge in [0.1, 0.15) is 0 Å². The van der Waals surface area contributed by atoms with Crippen LogP contribution in [0.5, 0.6) is 0 Å². The molecule has 0 aromatic rings. The number of hydrogen-bond acceptors (Lipinski definition) is 1. The number of nitrogens with zero attached hydrogens (tertiary/aromatic N) is 1. The van der Waals surface area contributed by atoms with Gasteiger partial charge in [0.25, 0.3) is 0 Å². The summed E-state index contributed by atoms with van der Waals surface area (Å²) in [6, 6.07) is 0.666. The monoisotopic (exact) mass is 191 g/mol. The van der Waals surface area contributed by atoms with E-state index in [2.05, 4.69) is 25.7 Å². The highest BCUT2D eigenvalue weighted by Gasteiger charge is 2.06. The SMILES string of the molecule is CCCCN(CCCCl)C(C)C. The van der Waals surface area contributed by atoms with Crippen molar-refractivity contribution in [2.45, 2.75) is 46.1 Å². The number of alkyl halides is 1. The van der Waals surface area contributed by atoms with Gasteiger partial charge in [0.2, 0.25) is 0 Å². The molecule has 0 aliphatic rings. The van der Waals surface area contributed by atoms with Crippen molar-refractivity contribution in [2.24, 2.45) is 0 Å². The molecule has 0 aromatic heterocycles. The van der Waals surface area contributed by atoms with Crippen molar-refractivity contribution >= 4 is 11.6 Å². The standard InChI is InChI=1S/C10H22ClN/c1-4-5-8-12(10(2)3)9-6-7-11/h10H,4-9H2,1-3H3. The van der Waals surface area contributed by atoms with Crippen LogP contribution in [0.15, 0.2) is 0 Å². The Labute approximate surface area is 82.1 Å². The van der Waals surface area contributed by atoms with E-state index in [1.807, 2.05) is 0 Å². The summed E-state index contributed by atoms with van der Waals surface area (Å²) < 4.78 is 0. The van der Waals surface area contributed by atoms with Gasteiger partial charge in [-0.2, -0.15) is 0 Å². The van der Waals surface area contributed by atoms with Crippen LogP contribution in [0.25, 0.3) is 0 Å². The molecule has 0 unspecified atom stereocenters. The van der Waals surface area contributed by atoms with Crippen molar-refractivity contribution in [3.63, 3.8) is 0 Å². The molecule has 74 valence electrons. The molecule has 0 fully saturated rings. The van der Waals surface area contributed by atoms with Gasteiger partial charge in [-0.3, -0.25) is 0 Å². The Bertz CT molecular complexity index is 85.8. The van der Waals surface area contributed by atoms with Gasteiger partial charge in [-0.1, -0.05) is 13.3 Å². The lowest BCUT2D eigenvalue weighted by Crippen LogP contribution is -2.32. The van der Waals surface area contributed by atoms with E-state index < -0.39 is 0 Å². The van der Waals surface area contributed by atoms with Crippen molar-refractivity contribution in [1.29, 1.82) is 0 Å². The molecule has 0 amide bonds. The first-order valence-corrected chi connectivity index (χ1v) is 5.55. The predicted octanol–water partition coefficient (Wildman–Crippen LogP) is 3.13. The lowest BCUT2D eigenvalue weighted by molar-refractivity contribution is 0.219. The summed E-state index contributed by atoms with van der Waals surface area (Å²) in [7, 11) is 0. The molecule has 0 aliphatic carbocycles. The number of unbranched alkanes of at least 4 members (excludes halogenated alkanes) is 1. The zero-order chi connectivity index (χ0) is 9.40. The van der Waals surface area contributed by atoms with Crippen LogP contribution in [0.2, 0.25) is 0 Å². The molecule has 0 spiro atoms. The Morgan fingerprint density at radius 3 is 2.17 bits per heavy atom. The summed E-state index contributed by atoms with van der Waals surface area (Å²) >= 11 is 5.66. The average molecular weight is 192 g/mol. The largest absolute Gasteiger partial charge is 0.301 e. The summed E-state index contributed by atoms with van der Waals surface area (Å²) in [4.78, 5) is 2.51. The summed E-state index contributed by atoms with van der Waals surface area (Å²) in [5.74, 6) is 0.787. The van der Waals surface area contributed by atoms with Crippen LogP contribution in [0, 0.1) is 0 Å². The van der Waals surface area contributed by atoms with Crippen molar-refractivity contribution < 1.29 is 0 Å². The molecule has 12 heavy (non-hydrogen) atoms. The second-order valence-electron chi connectivity index (χ2n) is 3.53. The minimum atomic E-state index is 0.666. The van der Waals surface area contributed by atoms with Gasteiger partial charge in [0.15, 0.2) is 0 Å². The first-order chi connectivity index (χ1) is 5.72. The van der Waals surface area contributed by atoms with Gasteiger partial charge in [-0.05, 0) is 39.8 Å². The second-order valence-corrected chi connectivity index (χ2v) is 3.90.